The van der Waals surface area contributed by atoms with Crippen LogP contribution in [0, 0.1) is 0 Å². The van der Waals surface area contributed by atoms with E-state index in [1.807, 2.05) is 24.3 Å². The van der Waals surface area contributed by atoms with Crippen molar-refractivity contribution in [3.05, 3.63) is 40.0 Å². The van der Waals surface area contributed by atoms with Crippen LogP contribution >= 0.6 is 27.5 Å². The van der Waals surface area contributed by atoms with Crippen molar-refractivity contribution in [1.82, 2.24) is 4.98 Å². The summed E-state index contributed by atoms with van der Waals surface area (Å²) in [5.41, 5.74) is 0.922. The van der Waals surface area contributed by atoms with Crippen LogP contribution in [-0.2, 0) is 0 Å². The highest BCUT2D eigenvalue weighted by Crippen LogP contribution is 2.24. The molecule has 0 saturated carbocycles. The Morgan fingerprint density at radius 3 is 3.00 bits per heavy atom. The highest BCUT2D eigenvalue weighted by Gasteiger charge is 1.98. The third-order valence-electron chi connectivity index (χ3n) is 1.64. The Balaban J connectivity index is 2.88. The molecule has 0 fully saturated rings. The summed E-state index contributed by atoms with van der Waals surface area (Å²) in [6.07, 6.45) is 1.76. The van der Waals surface area contributed by atoms with Crippen molar-refractivity contribution >= 4 is 38.4 Å². The molecule has 1 aromatic heterocycles. The van der Waals surface area contributed by atoms with Crippen molar-refractivity contribution in [2.45, 2.75) is 0 Å². The molecule has 60 valence electrons. The predicted octanol–water partition coefficient (Wildman–Crippen LogP) is 3.65. The van der Waals surface area contributed by atoms with Gasteiger partial charge in [-0.3, -0.25) is 4.98 Å². The molecule has 0 radical (unpaired) electrons. The molecule has 0 aliphatic heterocycles. The molecule has 0 aliphatic rings. The fourth-order valence-corrected chi connectivity index (χ4v) is 1.64. The quantitative estimate of drug-likeness (QED) is 0.687. The summed E-state index contributed by atoms with van der Waals surface area (Å²) in [6.45, 7) is 0. The minimum Gasteiger partial charge on any atom is -0.255 e. The van der Waals surface area contributed by atoms with Crippen LogP contribution in [0.15, 0.2) is 34.9 Å². The second kappa shape index (κ2) is 3.04. The lowest BCUT2D eigenvalue weighted by Gasteiger charge is -1.98. The third kappa shape index (κ3) is 1.32. The maximum atomic E-state index is 5.97. The maximum absolute atomic E-state index is 5.97. The van der Waals surface area contributed by atoms with E-state index in [1.54, 1.807) is 6.20 Å². The van der Waals surface area contributed by atoms with E-state index < -0.39 is 0 Å². The van der Waals surface area contributed by atoms with Gasteiger partial charge in [0.15, 0.2) is 0 Å². The van der Waals surface area contributed by atoms with Crippen molar-refractivity contribution < 1.29 is 0 Å². The first kappa shape index (κ1) is 8.02. The predicted molar refractivity (Wildman–Crippen MR) is 54.5 cm³/mol. The summed E-state index contributed by atoms with van der Waals surface area (Å²) < 4.78 is 0.947. The normalized spacial score (nSPS) is 10.5. The van der Waals surface area contributed by atoms with Gasteiger partial charge >= 0.3 is 0 Å². The number of rotatable bonds is 0. The van der Waals surface area contributed by atoms with Crippen LogP contribution in [0.2, 0.25) is 5.02 Å². The summed E-state index contributed by atoms with van der Waals surface area (Å²) in [7, 11) is 0. The molecular weight excluding hydrogens is 237 g/mol. The van der Waals surface area contributed by atoms with Gasteiger partial charge in [0.1, 0.15) is 0 Å². The number of hydrogen-bond donors (Lipinski definition) is 0. The first-order chi connectivity index (χ1) is 5.77. The van der Waals surface area contributed by atoms with Crippen LogP contribution in [0.4, 0.5) is 0 Å². The van der Waals surface area contributed by atoms with Gasteiger partial charge in [0, 0.05) is 21.1 Å². The molecule has 0 aliphatic carbocycles. The van der Waals surface area contributed by atoms with Gasteiger partial charge in [-0.2, -0.15) is 0 Å². The minimum atomic E-state index is 0.737. The van der Waals surface area contributed by atoms with Gasteiger partial charge in [0.25, 0.3) is 0 Å². The van der Waals surface area contributed by atoms with Crippen molar-refractivity contribution in [2.24, 2.45) is 0 Å². The molecule has 12 heavy (non-hydrogen) atoms. The second-order valence-electron chi connectivity index (χ2n) is 2.46. The highest BCUT2D eigenvalue weighted by molar-refractivity contribution is 9.10. The van der Waals surface area contributed by atoms with Crippen molar-refractivity contribution in [1.29, 1.82) is 0 Å². The zero-order chi connectivity index (χ0) is 8.55. The minimum absolute atomic E-state index is 0.737. The SMILES string of the molecule is Clc1cccc2ncc(Br)cc12. The first-order valence-corrected chi connectivity index (χ1v) is 4.64. The molecule has 1 nitrogen and oxygen atoms in total. The number of aromatic nitrogens is 1. The Kier molecular flexibility index (Phi) is 2.03. The number of benzene rings is 1. The number of halogens is 2. The lowest BCUT2D eigenvalue weighted by molar-refractivity contribution is 1.39. The van der Waals surface area contributed by atoms with Gasteiger partial charge in [0.2, 0.25) is 0 Å². The van der Waals surface area contributed by atoms with Gasteiger partial charge < -0.3 is 0 Å². The molecule has 0 N–H and O–H groups in total. The third-order valence-corrected chi connectivity index (χ3v) is 2.40. The maximum Gasteiger partial charge on any atom is 0.0717 e. The number of hydrogen-bond acceptors (Lipinski definition) is 1. The van der Waals surface area contributed by atoms with Crippen LogP contribution in [0.25, 0.3) is 10.9 Å². The van der Waals surface area contributed by atoms with E-state index >= 15 is 0 Å². The number of fused-ring (bicyclic) bond motifs is 1. The van der Waals surface area contributed by atoms with Crippen LogP contribution in [0.3, 0.4) is 0 Å². The molecular formula is C9H5BrClN. The highest BCUT2D eigenvalue weighted by atomic mass is 79.9. The summed E-state index contributed by atoms with van der Waals surface area (Å²) in [4.78, 5) is 4.21. The van der Waals surface area contributed by atoms with Gasteiger partial charge in [-0.1, -0.05) is 17.7 Å². The van der Waals surface area contributed by atoms with Crippen LogP contribution in [-0.4, -0.2) is 4.98 Å². The molecule has 1 heterocycles. The summed E-state index contributed by atoms with van der Waals surface area (Å²) >= 11 is 9.31. The molecule has 0 saturated heterocycles. The molecule has 1 aromatic carbocycles. The van der Waals surface area contributed by atoms with Gasteiger partial charge in [-0.05, 0) is 34.1 Å². The zero-order valence-corrected chi connectivity index (χ0v) is 8.43. The van der Waals surface area contributed by atoms with E-state index in [0.717, 1.165) is 20.4 Å². The van der Waals surface area contributed by atoms with Crippen LogP contribution in [0.1, 0.15) is 0 Å². The number of pyridine rings is 1. The Hall–Kier alpha value is -0.600. The van der Waals surface area contributed by atoms with Gasteiger partial charge in [-0.25, -0.2) is 0 Å². The fourth-order valence-electron chi connectivity index (χ4n) is 1.09. The van der Waals surface area contributed by atoms with E-state index in [1.165, 1.54) is 0 Å². The summed E-state index contributed by atoms with van der Waals surface area (Å²) in [5.74, 6) is 0. The average molecular weight is 243 g/mol. The molecule has 2 rings (SSSR count). The van der Waals surface area contributed by atoms with E-state index in [4.69, 9.17) is 11.6 Å². The van der Waals surface area contributed by atoms with E-state index in [9.17, 15) is 0 Å². The zero-order valence-electron chi connectivity index (χ0n) is 6.09. The Morgan fingerprint density at radius 2 is 2.17 bits per heavy atom. The van der Waals surface area contributed by atoms with Gasteiger partial charge in [0.05, 0.1) is 5.52 Å². The molecule has 0 bridgehead atoms. The largest absolute Gasteiger partial charge is 0.255 e. The Labute approximate surface area is 83.5 Å². The topological polar surface area (TPSA) is 12.9 Å². The van der Waals surface area contributed by atoms with Gasteiger partial charge in [-0.15, -0.1) is 0 Å². The molecule has 0 unspecified atom stereocenters. The summed E-state index contributed by atoms with van der Waals surface area (Å²) in [5, 5.41) is 1.72. The molecule has 0 atom stereocenters. The monoisotopic (exact) mass is 241 g/mol. The smallest absolute Gasteiger partial charge is 0.0717 e. The molecule has 3 heteroatoms. The van der Waals surface area contributed by atoms with Crippen LogP contribution in [0.5, 0.6) is 0 Å². The van der Waals surface area contributed by atoms with E-state index in [2.05, 4.69) is 20.9 Å². The lowest BCUT2D eigenvalue weighted by atomic mass is 10.2. The van der Waals surface area contributed by atoms with Crippen molar-refractivity contribution in [3.8, 4) is 0 Å². The van der Waals surface area contributed by atoms with Crippen molar-refractivity contribution in [2.75, 3.05) is 0 Å². The average Bonchev–Trinajstić information content (AvgIpc) is 2.07. The Bertz CT molecular complexity index is 428. The number of nitrogens with zero attached hydrogens (tertiary/aromatic N) is 1. The molecule has 0 amide bonds. The standard InChI is InChI=1S/C9H5BrClN/c10-6-4-7-8(11)2-1-3-9(7)12-5-6/h1-5H. The lowest BCUT2D eigenvalue weighted by Crippen LogP contribution is -1.78. The van der Waals surface area contributed by atoms with Crippen molar-refractivity contribution in [3.63, 3.8) is 0 Å². The second-order valence-corrected chi connectivity index (χ2v) is 3.78. The van der Waals surface area contributed by atoms with Crippen LogP contribution < -0.4 is 0 Å². The summed E-state index contributed by atoms with van der Waals surface area (Å²) in [6, 6.07) is 7.65. The molecule has 0 spiro atoms. The van der Waals surface area contributed by atoms with E-state index in [0.29, 0.717) is 0 Å². The van der Waals surface area contributed by atoms with E-state index in [-0.39, 0.29) is 0 Å². The fraction of sp³-hybridized carbons (Fsp3) is 0. The first-order valence-electron chi connectivity index (χ1n) is 3.47. The molecule has 2 aromatic rings. The Morgan fingerprint density at radius 1 is 1.33 bits per heavy atom.